The number of carboxylic acids is 2. The normalized spacial score (nSPS) is 13.8. The predicted molar refractivity (Wildman–Crippen MR) is 469 cm³/mol. The van der Waals surface area contributed by atoms with E-state index in [0.29, 0.717) is 88.0 Å². The number of carbonyl (C=O) groups is 8. The number of esters is 4. The van der Waals surface area contributed by atoms with Crippen LogP contribution in [0.5, 0.6) is 28.7 Å². The number of aromatic carboxylic acids is 2. The summed E-state index contributed by atoms with van der Waals surface area (Å²) in [5.74, 6) is -3.21. The Bertz CT molecular complexity index is 4670. The molecular formula is C85H88BrCl10Li2N3O21. The number of nitrogens with one attached hydrogen (secondary N) is 2. The smallest absolute Gasteiger partial charge is 0.870 e. The van der Waals surface area contributed by atoms with Crippen molar-refractivity contribution < 1.29 is 140 Å². The van der Waals surface area contributed by atoms with E-state index in [-0.39, 0.29) is 138 Å². The summed E-state index contributed by atoms with van der Waals surface area (Å²) in [6, 6.07) is 33.2. The van der Waals surface area contributed by atoms with E-state index in [1.807, 2.05) is 0 Å². The second-order valence-corrected chi connectivity index (χ2v) is 32.5. The Hall–Kier alpha value is -7.19. The van der Waals surface area contributed by atoms with Gasteiger partial charge in [0, 0.05) is 33.0 Å². The molecule has 0 bridgehead atoms. The number of nitrogen functional groups attached to an aromatic ring is 1. The molecule has 13 rings (SSSR count). The van der Waals surface area contributed by atoms with E-state index in [1.165, 1.54) is 152 Å². The van der Waals surface area contributed by atoms with E-state index < -0.39 is 35.8 Å². The maximum Gasteiger partial charge on any atom is 1.00 e. The number of alkyl halides is 1. The van der Waals surface area contributed by atoms with Crippen LogP contribution in [0.25, 0.3) is 0 Å². The molecule has 5 aliphatic rings. The van der Waals surface area contributed by atoms with Crippen molar-refractivity contribution in [3.8, 4) is 28.7 Å². The molecule has 8 aromatic rings. The first-order chi connectivity index (χ1) is 56.3. The number of carboxylic acid groups (broad SMARTS) is 2. The van der Waals surface area contributed by atoms with Crippen LogP contribution in [-0.2, 0) is 18.9 Å². The van der Waals surface area contributed by atoms with E-state index in [2.05, 4.69) is 45.5 Å². The van der Waals surface area contributed by atoms with Gasteiger partial charge in [-0.25, -0.2) is 28.8 Å². The Morgan fingerprint density at radius 1 is 0.328 bits per heavy atom. The van der Waals surface area contributed by atoms with Crippen LogP contribution in [-0.4, -0.2) is 132 Å². The van der Waals surface area contributed by atoms with Crippen LogP contribution in [0, 0.1) is 0 Å². The van der Waals surface area contributed by atoms with Crippen molar-refractivity contribution in [1.29, 1.82) is 0 Å². The topological polar surface area (TPSA) is 381 Å². The summed E-state index contributed by atoms with van der Waals surface area (Å²) in [5.41, 5.74) is 9.32. The van der Waals surface area contributed by atoms with Gasteiger partial charge >= 0.3 is 73.5 Å². The number of aromatic hydroxyl groups is 1. The molecule has 0 atom stereocenters. The number of hydrogen-bond donors (Lipinski definition) is 6. The number of phenolic OH excluding ortho intramolecular Hbond substituents is 1. The number of hydrogen-bond acceptors (Lipinski definition) is 20. The molecule has 24 nitrogen and oxygen atoms in total. The van der Waals surface area contributed by atoms with Crippen molar-refractivity contribution in [2.45, 2.75) is 158 Å². The molecule has 9 N–H and O–H groups in total. The number of rotatable bonds is 18. The third-order valence-corrected chi connectivity index (χ3v) is 22.3. The Balaban J connectivity index is 0.000000379. The van der Waals surface area contributed by atoms with Crippen LogP contribution in [0.2, 0.25) is 50.2 Å². The van der Waals surface area contributed by atoms with E-state index in [0.717, 1.165) is 94.7 Å². The molecule has 0 aliphatic heterocycles. The minimum absolute atomic E-state index is 0. The molecule has 648 valence electrons. The van der Waals surface area contributed by atoms with Gasteiger partial charge in [-0.3, -0.25) is 9.59 Å². The minimum Gasteiger partial charge on any atom is -0.870 e. The summed E-state index contributed by atoms with van der Waals surface area (Å²) in [6.07, 6.45) is 23.3. The third-order valence-electron chi connectivity index (χ3n) is 18.5. The summed E-state index contributed by atoms with van der Waals surface area (Å²) in [4.78, 5) is 92.1. The molecule has 5 saturated carbocycles. The standard InChI is InChI=1S/C20H19Cl2NO4.C19H17Cl2NO4.C13H14Cl2O3.C12H12Cl2O3.C8H6Cl2O3.C8H9NO2.C5H9Br.2Li.2H2O/c1-26-20(25)12-6-8-14(9-7-12)23-19(24)13-10-16(21)18(17(22)11-13)27-15-4-2-3-5-15;20-15-9-12(10-16(21)17(15)26-14-3-1-2-4-14)18(23)22-13-7-5-11(6-8-13)19(24)25;1-17-13(16)8-6-10(14)12(11(15)7-8)18-9-4-2-3-5-9;13-9-5-7(12(15)16)6-10(14)11(9)17-8-3-1-2-4-8;1-13-8(12)4-2-5(9)7(11)6(10)3-4;1-11-8(10)6-2-4-7(9)5-3-6;6-5-3-1-2-4-5;;;;/h6-11,15H,2-5H2,1H3,(H,23,24);5-10,14H,1-4H2,(H,22,23)(H,24,25);6-7,9H,2-5H2,1H3;5-6,8H,1-4H2,(H,15,16);2-3,11H,1H3;2-5H,9H2,1H3;5H,1-4H2;;;2*1H2/q;;;;;;;2*+1;;/p-2. The maximum absolute atomic E-state index is 12.5. The van der Waals surface area contributed by atoms with Crippen LogP contribution in [0.4, 0.5) is 17.1 Å². The monoisotopic (exact) mass is 1930 g/mol. The molecule has 2 amide bonds. The van der Waals surface area contributed by atoms with Gasteiger partial charge in [0.2, 0.25) is 0 Å². The summed E-state index contributed by atoms with van der Waals surface area (Å²) < 4.78 is 41.5. The summed E-state index contributed by atoms with van der Waals surface area (Å²) >= 11 is 64.0. The first kappa shape index (κ1) is 109. The SMILES string of the molecule is BrC1CCCC1.COC(=O)c1cc(Cl)c(O)c(Cl)c1.COC(=O)c1cc(Cl)c(OC2CCCC2)c(Cl)c1.COC(=O)c1ccc(N)cc1.COC(=O)c1ccc(NC(=O)c2cc(Cl)c(OC3CCCC3)c(Cl)c2)cc1.O=C(O)c1cc(Cl)c(OC2CCCC2)c(Cl)c1.O=C(O)c1ccc(NC(=O)c2cc(Cl)c(OC3CCCC3)c(Cl)c2)cc1.[Li+].[Li+].[OH-].[OH-]. The van der Waals surface area contributed by atoms with Gasteiger partial charge < -0.3 is 80.5 Å². The fraction of sp³-hybridized carbons (Fsp3) is 0.341. The van der Waals surface area contributed by atoms with Crippen LogP contribution in [0.3, 0.4) is 0 Å². The molecule has 37 heteroatoms. The number of carbonyl (C=O) groups excluding carboxylic acids is 6. The number of methoxy groups -OCH3 is 4. The zero-order valence-electron chi connectivity index (χ0n) is 67.2. The van der Waals surface area contributed by atoms with Crippen molar-refractivity contribution in [2.75, 3.05) is 44.8 Å². The summed E-state index contributed by atoms with van der Waals surface area (Å²) in [7, 11) is 5.22. The van der Waals surface area contributed by atoms with E-state index in [1.54, 1.807) is 48.5 Å². The third kappa shape index (κ3) is 34.6. The number of halogens is 11. The van der Waals surface area contributed by atoms with Gasteiger partial charge in [0.1, 0.15) is 0 Å². The van der Waals surface area contributed by atoms with Gasteiger partial charge in [-0.15, -0.1) is 0 Å². The predicted octanol–water partition coefficient (Wildman–Crippen LogP) is 18.3. The number of benzene rings is 8. The second kappa shape index (κ2) is 55.3. The Kier molecular flexibility index (Phi) is 49.4. The molecule has 0 radical (unpaired) electrons. The van der Waals surface area contributed by atoms with Crippen molar-refractivity contribution >= 4 is 197 Å². The molecular weight excluding hydrogens is 1850 g/mol. The molecule has 0 saturated heterocycles. The van der Waals surface area contributed by atoms with Gasteiger partial charge in [-0.05, 0) is 249 Å². The number of anilines is 3. The van der Waals surface area contributed by atoms with Crippen molar-refractivity contribution in [2.24, 2.45) is 0 Å². The van der Waals surface area contributed by atoms with E-state index >= 15 is 0 Å². The average molecular weight is 1940 g/mol. The van der Waals surface area contributed by atoms with Crippen LogP contribution in [0.1, 0.15) is 211 Å². The zero-order valence-corrected chi connectivity index (χ0v) is 76.4. The van der Waals surface area contributed by atoms with Crippen LogP contribution >= 0.6 is 132 Å². The van der Waals surface area contributed by atoms with Crippen molar-refractivity contribution in [3.05, 3.63) is 228 Å². The van der Waals surface area contributed by atoms with Crippen LogP contribution in [0.15, 0.2) is 133 Å². The number of amides is 2. The first-order valence-corrected chi connectivity index (χ1v) is 41.9. The largest absolute Gasteiger partial charge is 1.00 e. The van der Waals surface area contributed by atoms with Gasteiger partial charge in [0.25, 0.3) is 11.8 Å². The Morgan fingerprint density at radius 3 is 0.779 bits per heavy atom. The fourth-order valence-corrected chi connectivity index (χ4v) is 15.8. The molecule has 5 fully saturated rings. The maximum atomic E-state index is 12.5. The molecule has 0 unspecified atom stereocenters. The Morgan fingerprint density at radius 2 is 0.541 bits per heavy atom. The van der Waals surface area contributed by atoms with Crippen molar-refractivity contribution in [1.82, 2.24) is 0 Å². The molecule has 122 heavy (non-hydrogen) atoms. The molecule has 0 heterocycles. The quantitative estimate of drug-likeness (QED) is 0.0153. The first-order valence-electron chi connectivity index (χ1n) is 37.2. The van der Waals surface area contributed by atoms with Crippen molar-refractivity contribution in [3.63, 3.8) is 0 Å². The molecule has 0 aromatic heterocycles. The van der Waals surface area contributed by atoms with Gasteiger partial charge in [0.15, 0.2) is 28.7 Å². The summed E-state index contributed by atoms with van der Waals surface area (Å²) in [5, 5.41) is 34.8. The zero-order chi connectivity index (χ0) is 86.3. The Labute approximate surface area is 789 Å². The molecule has 0 spiro atoms. The van der Waals surface area contributed by atoms with Gasteiger partial charge in [-0.1, -0.05) is 145 Å². The minimum atomic E-state index is -1.05. The summed E-state index contributed by atoms with van der Waals surface area (Å²) in [6.45, 7) is 0. The number of nitrogens with two attached hydrogens (primary N) is 1. The van der Waals surface area contributed by atoms with Gasteiger partial charge in [-0.2, -0.15) is 0 Å². The molecule has 8 aromatic carbocycles. The fourth-order valence-electron chi connectivity index (χ4n) is 12.3. The number of phenols is 1. The van der Waals surface area contributed by atoms with Gasteiger partial charge in [0.05, 0.1) is 136 Å². The van der Waals surface area contributed by atoms with E-state index in [9.17, 15) is 38.4 Å². The second-order valence-electron chi connectivity index (χ2n) is 27.1. The van der Waals surface area contributed by atoms with E-state index in [4.69, 9.17) is 156 Å². The van der Waals surface area contributed by atoms with Crippen LogP contribution < -0.4 is 73.0 Å². The number of ether oxygens (including phenoxy) is 8. The average Bonchev–Trinajstić information content (AvgIpc) is 1.36. The molecule has 5 aliphatic carbocycles.